The number of halogens is 3. The predicted molar refractivity (Wildman–Crippen MR) is 56.1 cm³/mol. The van der Waals surface area contributed by atoms with Gasteiger partial charge in [0.2, 0.25) is 0 Å². The maximum atomic E-state index is 12.7. The first-order chi connectivity index (χ1) is 7.93. The molecule has 1 N–H and O–H groups in total. The number of methoxy groups -OCH3 is 1. The van der Waals surface area contributed by atoms with E-state index in [1.165, 1.54) is 25.3 Å². The first-order valence-electron chi connectivity index (χ1n) is 4.70. The molecule has 0 spiro atoms. The summed E-state index contributed by atoms with van der Waals surface area (Å²) >= 11 is 0. The fraction of sp³-hybridized carbons (Fsp3) is 0.182. The van der Waals surface area contributed by atoms with Crippen LogP contribution in [-0.2, 0) is 6.18 Å². The fourth-order valence-corrected chi connectivity index (χ4v) is 1.60. The predicted octanol–water partition coefficient (Wildman–Crippen LogP) is 2.56. The highest BCUT2D eigenvalue weighted by atomic mass is 19.4. The lowest BCUT2D eigenvalue weighted by Gasteiger charge is -2.10. The molecule has 0 amide bonds. The van der Waals surface area contributed by atoms with E-state index in [9.17, 15) is 18.0 Å². The van der Waals surface area contributed by atoms with E-state index in [4.69, 9.17) is 4.74 Å². The number of fused-ring (bicyclic) bond motifs is 1. The van der Waals surface area contributed by atoms with E-state index in [-0.39, 0.29) is 16.5 Å². The summed E-state index contributed by atoms with van der Waals surface area (Å²) in [5.74, 6) is 0.272. The first-order valence-corrected chi connectivity index (χ1v) is 4.70. The van der Waals surface area contributed by atoms with E-state index in [0.29, 0.717) is 6.20 Å². The van der Waals surface area contributed by atoms with Gasteiger partial charge in [0.15, 0.2) is 0 Å². The molecule has 0 atom stereocenters. The first kappa shape index (κ1) is 11.5. The van der Waals surface area contributed by atoms with Crippen LogP contribution in [0.4, 0.5) is 13.2 Å². The molecule has 2 rings (SSSR count). The van der Waals surface area contributed by atoms with E-state index in [1.54, 1.807) is 0 Å². The third-order valence-corrected chi connectivity index (χ3v) is 2.41. The van der Waals surface area contributed by atoms with Crippen LogP contribution < -0.4 is 10.3 Å². The number of aromatic nitrogens is 1. The Hall–Kier alpha value is -1.98. The quantitative estimate of drug-likeness (QED) is 0.836. The zero-order chi connectivity index (χ0) is 12.6. The van der Waals surface area contributed by atoms with Gasteiger partial charge in [-0.15, -0.1) is 0 Å². The molecule has 17 heavy (non-hydrogen) atoms. The molecule has 0 saturated heterocycles. The number of aromatic amines is 1. The van der Waals surface area contributed by atoms with Gasteiger partial charge < -0.3 is 9.72 Å². The lowest BCUT2D eigenvalue weighted by atomic mass is 10.1. The van der Waals surface area contributed by atoms with Crippen LogP contribution in [0.1, 0.15) is 5.56 Å². The van der Waals surface area contributed by atoms with Crippen molar-refractivity contribution in [1.82, 2.24) is 4.98 Å². The summed E-state index contributed by atoms with van der Waals surface area (Å²) in [7, 11) is 1.35. The minimum absolute atomic E-state index is 0.0133. The lowest BCUT2D eigenvalue weighted by molar-refractivity contribution is -0.136. The van der Waals surface area contributed by atoms with Crippen LogP contribution in [0.3, 0.4) is 0 Å². The zero-order valence-electron chi connectivity index (χ0n) is 8.76. The van der Waals surface area contributed by atoms with Gasteiger partial charge in [0.1, 0.15) is 5.75 Å². The molecular formula is C11H8F3NO2. The molecule has 0 aliphatic rings. The number of rotatable bonds is 1. The van der Waals surface area contributed by atoms with Crippen molar-refractivity contribution in [3.05, 3.63) is 40.3 Å². The number of benzene rings is 1. The van der Waals surface area contributed by atoms with Crippen molar-refractivity contribution in [3.63, 3.8) is 0 Å². The summed E-state index contributed by atoms with van der Waals surface area (Å²) in [6.45, 7) is 0. The Morgan fingerprint density at radius 3 is 2.53 bits per heavy atom. The van der Waals surface area contributed by atoms with Crippen LogP contribution in [0, 0.1) is 0 Å². The number of ether oxygens (including phenoxy) is 1. The van der Waals surface area contributed by atoms with Crippen molar-refractivity contribution in [2.45, 2.75) is 6.18 Å². The van der Waals surface area contributed by atoms with Crippen LogP contribution in [0.15, 0.2) is 29.2 Å². The highest BCUT2D eigenvalue weighted by molar-refractivity contribution is 5.86. The van der Waals surface area contributed by atoms with Gasteiger partial charge in [-0.1, -0.05) is 0 Å². The second kappa shape index (κ2) is 3.80. The molecule has 1 aromatic carbocycles. The van der Waals surface area contributed by atoms with Gasteiger partial charge in [-0.25, -0.2) is 0 Å². The molecule has 0 aliphatic heterocycles. The second-order valence-corrected chi connectivity index (χ2v) is 3.44. The molecule has 0 radical (unpaired) electrons. The minimum atomic E-state index is -4.52. The van der Waals surface area contributed by atoms with Crippen LogP contribution in [0.2, 0.25) is 0 Å². The minimum Gasteiger partial charge on any atom is -0.497 e. The Balaban J connectivity index is 2.86. The molecule has 2 aromatic rings. The number of nitrogens with one attached hydrogen (secondary N) is 1. The van der Waals surface area contributed by atoms with Crippen molar-refractivity contribution in [3.8, 4) is 5.75 Å². The Bertz CT molecular complexity index is 616. The van der Waals surface area contributed by atoms with Gasteiger partial charge in [-0.2, -0.15) is 13.2 Å². The van der Waals surface area contributed by atoms with Crippen LogP contribution in [0.25, 0.3) is 10.8 Å². The van der Waals surface area contributed by atoms with E-state index in [0.717, 1.165) is 0 Å². The average molecular weight is 243 g/mol. The van der Waals surface area contributed by atoms with Crippen molar-refractivity contribution >= 4 is 10.8 Å². The van der Waals surface area contributed by atoms with Gasteiger partial charge >= 0.3 is 6.18 Å². The van der Waals surface area contributed by atoms with Crippen LogP contribution >= 0.6 is 0 Å². The number of alkyl halides is 3. The van der Waals surface area contributed by atoms with Crippen molar-refractivity contribution in [2.24, 2.45) is 0 Å². The summed E-state index contributed by atoms with van der Waals surface area (Å²) in [5, 5.41) is -0.179. The average Bonchev–Trinajstić information content (AvgIpc) is 2.27. The summed E-state index contributed by atoms with van der Waals surface area (Å²) in [6, 6.07) is 3.95. The van der Waals surface area contributed by atoms with Gasteiger partial charge in [0.25, 0.3) is 5.56 Å². The molecule has 0 fully saturated rings. The smallest absolute Gasteiger partial charge is 0.418 e. The zero-order valence-corrected chi connectivity index (χ0v) is 8.76. The maximum Gasteiger partial charge on any atom is 0.418 e. The molecule has 0 saturated carbocycles. The Kier molecular flexibility index (Phi) is 2.57. The van der Waals surface area contributed by atoms with Crippen molar-refractivity contribution in [1.29, 1.82) is 0 Å². The Morgan fingerprint density at radius 2 is 1.94 bits per heavy atom. The van der Waals surface area contributed by atoms with E-state index in [2.05, 4.69) is 4.98 Å². The highest BCUT2D eigenvalue weighted by Crippen LogP contribution is 2.34. The fourth-order valence-electron chi connectivity index (χ4n) is 1.60. The topological polar surface area (TPSA) is 42.1 Å². The van der Waals surface area contributed by atoms with Gasteiger partial charge in [0, 0.05) is 17.0 Å². The third kappa shape index (κ3) is 1.98. The largest absolute Gasteiger partial charge is 0.497 e. The monoisotopic (exact) mass is 243 g/mol. The Labute approximate surface area is 93.8 Å². The van der Waals surface area contributed by atoms with Crippen molar-refractivity contribution < 1.29 is 17.9 Å². The van der Waals surface area contributed by atoms with E-state index < -0.39 is 17.3 Å². The standard InChI is InChI=1S/C11H8F3NO2/c1-17-6-2-3-7-8(4-6)9(11(12,13)14)5-15-10(7)16/h2-5H,1H3,(H,15,16). The summed E-state index contributed by atoms with van der Waals surface area (Å²) in [6.07, 6.45) is -3.85. The van der Waals surface area contributed by atoms with Crippen LogP contribution in [0.5, 0.6) is 5.75 Å². The summed E-state index contributed by atoms with van der Waals surface area (Å²) in [4.78, 5) is 13.5. The molecule has 3 nitrogen and oxygen atoms in total. The SMILES string of the molecule is COc1ccc2c(=O)[nH]cc(C(F)(F)F)c2c1. The molecule has 0 unspecified atom stereocenters. The van der Waals surface area contributed by atoms with Crippen molar-refractivity contribution in [2.75, 3.05) is 7.11 Å². The number of pyridine rings is 1. The molecule has 1 aromatic heterocycles. The second-order valence-electron chi connectivity index (χ2n) is 3.44. The molecule has 90 valence electrons. The number of hydrogen-bond acceptors (Lipinski definition) is 2. The molecule has 1 heterocycles. The van der Waals surface area contributed by atoms with Gasteiger partial charge in [0.05, 0.1) is 12.7 Å². The van der Waals surface area contributed by atoms with Crippen LogP contribution in [-0.4, -0.2) is 12.1 Å². The Morgan fingerprint density at radius 1 is 1.24 bits per heavy atom. The lowest BCUT2D eigenvalue weighted by Crippen LogP contribution is -2.13. The van der Waals surface area contributed by atoms with Gasteiger partial charge in [-0.3, -0.25) is 4.79 Å². The molecule has 0 bridgehead atoms. The maximum absolute atomic E-state index is 12.7. The summed E-state index contributed by atoms with van der Waals surface area (Å²) < 4.78 is 43.0. The summed E-state index contributed by atoms with van der Waals surface area (Å²) in [5.41, 5.74) is -1.44. The van der Waals surface area contributed by atoms with E-state index in [1.807, 2.05) is 0 Å². The molecule has 0 aliphatic carbocycles. The van der Waals surface area contributed by atoms with E-state index >= 15 is 0 Å². The highest BCUT2D eigenvalue weighted by Gasteiger charge is 2.33. The molecular weight excluding hydrogens is 235 g/mol. The van der Waals surface area contributed by atoms with Gasteiger partial charge in [-0.05, 0) is 18.2 Å². The number of hydrogen-bond donors (Lipinski definition) is 1. The molecule has 6 heteroatoms. The number of H-pyrrole nitrogens is 1. The third-order valence-electron chi connectivity index (χ3n) is 2.41. The normalized spacial score (nSPS) is 11.8.